The summed E-state index contributed by atoms with van der Waals surface area (Å²) in [6.07, 6.45) is 5.89. The number of hydrogen-bond donors (Lipinski definition) is 1. The lowest BCUT2D eigenvalue weighted by Crippen LogP contribution is -2.26. The lowest BCUT2D eigenvalue weighted by Gasteiger charge is -2.30. The van der Waals surface area contributed by atoms with Gasteiger partial charge in [0.2, 0.25) is 5.95 Å². The number of nitrogens with zero attached hydrogens (tertiary/aromatic N) is 2. The van der Waals surface area contributed by atoms with Crippen molar-refractivity contribution >= 4 is 5.95 Å². The van der Waals surface area contributed by atoms with Crippen molar-refractivity contribution in [3.05, 3.63) is 41.2 Å². The number of fused-ring (bicyclic) bond motifs is 3. The van der Waals surface area contributed by atoms with Gasteiger partial charge in [0.25, 0.3) is 0 Å². The molecular formula is C17H21N3O. The Morgan fingerprint density at radius 1 is 1.24 bits per heavy atom. The number of nitrogens with one attached hydrogen (secondary N) is 1. The summed E-state index contributed by atoms with van der Waals surface area (Å²) >= 11 is 0. The Morgan fingerprint density at radius 2 is 2.10 bits per heavy atom. The monoisotopic (exact) mass is 283 g/mol. The second-order valence-electron chi connectivity index (χ2n) is 5.88. The van der Waals surface area contributed by atoms with Crippen LogP contribution in [0.2, 0.25) is 0 Å². The largest absolute Gasteiger partial charge is 0.496 e. The van der Waals surface area contributed by atoms with Gasteiger partial charge in [-0.15, -0.1) is 0 Å². The molecule has 2 aliphatic rings. The van der Waals surface area contributed by atoms with E-state index < -0.39 is 0 Å². The van der Waals surface area contributed by atoms with Crippen LogP contribution in [0, 0.1) is 0 Å². The van der Waals surface area contributed by atoms with Crippen LogP contribution in [0.5, 0.6) is 5.75 Å². The molecular weight excluding hydrogens is 262 g/mol. The fraction of sp³-hybridized carbons (Fsp3) is 0.471. The molecule has 1 aromatic heterocycles. The van der Waals surface area contributed by atoms with Crippen LogP contribution in [0.15, 0.2) is 24.3 Å². The van der Waals surface area contributed by atoms with E-state index in [1.54, 1.807) is 7.11 Å². The molecule has 0 fully saturated rings. The zero-order valence-electron chi connectivity index (χ0n) is 12.4. The summed E-state index contributed by atoms with van der Waals surface area (Å²) in [5.41, 5.74) is 4.00. The van der Waals surface area contributed by atoms with Gasteiger partial charge in [0.05, 0.1) is 18.8 Å². The van der Waals surface area contributed by atoms with Gasteiger partial charge >= 0.3 is 0 Å². The lowest BCUT2D eigenvalue weighted by atomic mass is 9.97. The third kappa shape index (κ3) is 2.01. The molecule has 1 unspecified atom stereocenters. The number of ether oxygens (including phenoxy) is 1. The second kappa shape index (κ2) is 5.10. The quantitative estimate of drug-likeness (QED) is 0.920. The van der Waals surface area contributed by atoms with Crippen molar-refractivity contribution in [1.29, 1.82) is 0 Å². The molecule has 4 heteroatoms. The Bertz CT molecular complexity index is 662. The zero-order valence-corrected chi connectivity index (χ0v) is 12.4. The zero-order chi connectivity index (χ0) is 14.2. The van der Waals surface area contributed by atoms with Gasteiger partial charge < -0.3 is 14.6 Å². The first-order valence-corrected chi connectivity index (χ1v) is 7.85. The molecule has 0 saturated heterocycles. The lowest BCUT2D eigenvalue weighted by molar-refractivity contribution is 0.395. The number of aryl methyl sites for hydroxylation is 1. The molecule has 1 atom stereocenters. The van der Waals surface area contributed by atoms with E-state index in [0.717, 1.165) is 37.5 Å². The third-order valence-electron chi connectivity index (χ3n) is 4.68. The Labute approximate surface area is 125 Å². The first kappa shape index (κ1) is 12.7. The van der Waals surface area contributed by atoms with E-state index >= 15 is 0 Å². The van der Waals surface area contributed by atoms with Crippen molar-refractivity contribution in [2.45, 2.75) is 38.1 Å². The van der Waals surface area contributed by atoms with Crippen molar-refractivity contribution in [2.24, 2.45) is 0 Å². The number of hydrogen-bond acceptors (Lipinski definition) is 3. The van der Waals surface area contributed by atoms with Crippen molar-refractivity contribution in [3.8, 4) is 5.75 Å². The van der Waals surface area contributed by atoms with Crippen molar-refractivity contribution in [1.82, 2.24) is 9.55 Å². The minimum Gasteiger partial charge on any atom is -0.496 e. The maximum Gasteiger partial charge on any atom is 0.203 e. The summed E-state index contributed by atoms with van der Waals surface area (Å²) in [4.78, 5) is 4.83. The molecule has 1 N–H and O–H groups in total. The first-order valence-electron chi connectivity index (χ1n) is 7.85. The average molecular weight is 283 g/mol. The highest BCUT2D eigenvalue weighted by atomic mass is 16.5. The Balaban J connectivity index is 1.85. The van der Waals surface area contributed by atoms with E-state index in [-0.39, 0.29) is 0 Å². The molecule has 0 saturated carbocycles. The summed E-state index contributed by atoms with van der Waals surface area (Å²) in [6.45, 7) is 0.971. The molecule has 4 rings (SSSR count). The molecule has 1 aliphatic carbocycles. The van der Waals surface area contributed by atoms with Crippen LogP contribution in [0.1, 0.15) is 42.3 Å². The number of para-hydroxylation sites is 1. The van der Waals surface area contributed by atoms with E-state index in [1.165, 1.54) is 29.8 Å². The SMILES string of the molecule is COc1ccccc1C1CCNc2nc3c(n21)CCCC3. The fourth-order valence-electron chi connectivity index (χ4n) is 3.71. The minimum absolute atomic E-state index is 0.340. The van der Waals surface area contributed by atoms with Crippen LogP contribution in [0.3, 0.4) is 0 Å². The van der Waals surface area contributed by atoms with Gasteiger partial charge in [-0.1, -0.05) is 18.2 Å². The minimum atomic E-state index is 0.340. The molecule has 0 spiro atoms. The Kier molecular flexibility index (Phi) is 3.09. The highest BCUT2D eigenvalue weighted by molar-refractivity contribution is 5.44. The summed E-state index contributed by atoms with van der Waals surface area (Å²) < 4.78 is 8.01. The predicted octanol–water partition coefficient (Wildman–Crippen LogP) is 3.18. The number of rotatable bonds is 2. The highest BCUT2D eigenvalue weighted by Crippen LogP contribution is 2.38. The highest BCUT2D eigenvalue weighted by Gasteiger charge is 2.29. The molecule has 0 bridgehead atoms. The molecule has 1 aromatic carbocycles. The van der Waals surface area contributed by atoms with Crippen molar-refractivity contribution in [2.75, 3.05) is 19.0 Å². The molecule has 110 valence electrons. The molecule has 21 heavy (non-hydrogen) atoms. The summed E-state index contributed by atoms with van der Waals surface area (Å²) in [6, 6.07) is 8.72. The van der Waals surface area contributed by atoms with Gasteiger partial charge in [-0.05, 0) is 38.2 Å². The maximum absolute atomic E-state index is 5.58. The van der Waals surface area contributed by atoms with Crippen molar-refractivity contribution < 1.29 is 4.74 Å². The predicted molar refractivity (Wildman–Crippen MR) is 83.1 cm³/mol. The number of methoxy groups -OCH3 is 1. The van der Waals surface area contributed by atoms with Gasteiger partial charge in [0, 0.05) is 17.8 Å². The van der Waals surface area contributed by atoms with Gasteiger partial charge in [0.1, 0.15) is 5.75 Å². The van der Waals surface area contributed by atoms with Gasteiger partial charge in [-0.3, -0.25) is 0 Å². The molecule has 1 aliphatic heterocycles. The summed E-state index contributed by atoms with van der Waals surface area (Å²) in [5.74, 6) is 2.03. The fourth-order valence-corrected chi connectivity index (χ4v) is 3.71. The van der Waals surface area contributed by atoms with Gasteiger partial charge in [0.15, 0.2) is 0 Å². The van der Waals surface area contributed by atoms with Crippen LogP contribution in [0.25, 0.3) is 0 Å². The van der Waals surface area contributed by atoms with Crippen LogP contribution >= 0.6 is 0 Å². The summed E-state index contributed by atoms with van der Waals surface area (Å²) in [5, 5.41) is 3.47. The maximum atomic E-state index is 5.58. The number of aromatic nitrogens is 2. The second-order valence-corrected chi connectivity index (χ2v) is 5.88. The number of anilines is 1. The summed E-state index contributed by atoms with van der Waals surface area (Å²) in [7, 11) is 1.75. The third-order valence-corrected chi connectivity index (χ3v) is 4.68. The topological polar surface area (TPSA) is 39.1 Å². The Morgan fingerprint density at radius 3 is 3.00 bits per heavy atom. The van der Waals surface area contributed by atoms with Crippen molar-refractivity contribution in [3.63, 3.8) is 0 Å². The first-order chi connectivity index (χ1) is 10.4. The van der Waals surface area contributed by atoms with Crippen LogP contribution in [-0.2, 0) is 12.8 Å². The standard InChI is InChI=1S/C17H21N3O/c1-21-16-9-5-2-6-12(16)14-10-11-18-17-19-13-7-3-4-8-15(13)20(14)17/h2,5-6,9,14H,3-4,7-8,10-11H2,1H3,(H,18,19). The van der Waals surface area contributed by atoms with E-state index in [4.69, 9.17) is 9.72 Å². The molecule has 0 amide bonds. The van der Waals surface area contributed by atoms with Gasteiger partial charge in [-0.2, -0.15) is 0 Å². The molecule has 2 aromatic rings. The normalized spacial score (nSPS) is 20.3. The smallest absolute Gasteiger partial charge is 0.203 e. The van der Waals surface area contributed by atoms with Crippen LogP contribution in [0.4, 0.5) is 5.95 Å². The molecule has 2 heterocycles. The number of benzene rings is 1. The molecule has 0 radical (unpaired) electrons. The van der Waals surface area contributed by atoms with Crippen LogP contribution < -0.4 is 10.1 Å². The van der Waals surface area contributed by atoms with E-state index in [1.807, 2.05) is 6.07 Å². The molecule has 4 nitrogen and oxygen atoms in total. The Hall–Kier alpha value is -1.97. The average Bonchev–Trinajstić information content (AvgIpc) is 2.93. The van der Waals surface area contributed by atoms with Gasteiger partial charge in [-0.25, -0.2) is 4.98 Å². The number of imidazole rings is 1. The van der Waals surface area contributed by atoms with E-state index in [9.17, 15) is 0 Å². The van der Waals surface area contributed by atoms with E-state index in [2.05, 4.69) is 28.1 Å². The van der Waals surface area contributed by atoms with Crippen LogP contribution in [-0.4, -0.2) is 23.2 Å². The van der Waals surface area contributed by atoms with E-state index in [0.29, 0.717) is 6.04 Å².